The minimum atomic E-state index is -4.78. The van der Waals surface area contributed by atoms with Crippen molar-refractivity contribution in [2.75, 3.05) is 16.0 Å². The van der Waals surface area contributed by atoms with Crippen LogP contribution in [0.3, 0.4) is 0 Å². The molecule has 0 saturated carbocycles. The quantitative estimate of drug-likeness (QED) is 0.501. The zero-order chi connectivity index (χ0) is 21.5. The van der Waals surface area contributed by atoms with E-state index in [-0.39, 0.29) is 17.1 Å². The number of nitrogens with zero attached hydrogens (tertiary/aromatic N) is 5. The zero-order valence-electron chi connectivity index (χ0n) is 15.6. The second-order valence-electron chi connectivity index (χ2n) is 6.56. The smallest absolute Gasteiger partial charge is 0.324 e. The maximum atomic E-state index is 13.8. The minimum absolute atomic E-state index is 0.00508. The van der Waals surface area contributed by atoms with Crippen molar-refractivity contribution in [3.8, 4) is 0 Å². The standard InChI is InChI=1S/C18H15F3N6O2S/c1-26-16-10(7-24-26)17(23-9-22-16)30-8-15(29)27-12-5-3-2-4-11(12)25-14(28)6-13(27)18(19,20)21/h2-5,7,9,13H,6,8H2,1H3,(H,25,28). The van der Waals surface area contributed by atoms with Crippen molar-refractivity contribution >= 4 is 46.0 Å². The van der Waals surface area contributed by atoms with E-state index < -0.39 is 30.5 Å². The van der Waals surface area contributed by atoms with Gasteiger partial charge in [0.2, 0.25) is 11.8 Å². The van der Waals surface area contributed by atoms with Crippen LogP contribution in [-0.2, 0) is 16.6 Å². The molecule has 1 unspecified atom stereocenters. The lowest BCUT2D eigenvalue weighted by molar-refractivity contribution is -0.157. The molecule has 30 heavy (non-hydrogen) atoms. The lowest BCUT2D eigenvalue weighted by Crippen LogP contribution is -2.50. The van der Waals surface area contributed by atoms with E-state index in [0.29, 0.717) is 21.0 Å². The highest BCUT2D eigenvalue weighted by Crippen LogP contribution is 2.38. The first kappa shape index (κ1) is 20.1. The van der Waals surface area contributed by atoms with Gasteiger partial charge in [-0.05, 0) is 12.1 Å². The molecule has 3 heterocycles. The maximum Gasteiger partial charge on any atom is 0.409 e. The molecule has 0 radical (unpaired) electrons. The number of aromatic nitrogens is 4. The fourth-order valence-corrected chi connectivity index (χ4v) is 4.07. The molecule has 1 aliphatic rings. The number of nitrogens with one attached hydrogen (secondary N) is 1. The summed E-state index contributed by atoms with van der Waals surface area (Å²) < 4.78 is 42.8. The molecule has 0 fully saturated rings. The van der Waals surface area contributed by atoms with Gasteiger partial charge in [0.25, 0.3) is 0 Å². The Morgan fingerprint density at radius 1 is 1.30 bits per heavy atom. The van der Waals surface area contributed by atoms with Gasteiger partial charge < -0.3 is 5.32 Å². The zero-order valence-corrected chi connectivity index (χ0v) is 16.4. The summed E-state index contributed by atoms with van der Waals surface area (Å²) in [4.78, 5) is 33.9. The average molecular weight is 436 g/mol. The summed E-state index contributed by atoms with van der Waals surface area (Å²) >= 11 is 0.992. The molecule has 3 aromatic rings. The molecule has 0 aliphatic carbocycles. The number of hydrogen-bond acceptors (Lipinski definition) is 6. The molecule has 156 valence electrons. The number of fused-ring (bicyclic) bond motifs is 2. The van der Waals surface area contributed by atoms with Crippen molar-refractivity contribution in [1.29, 1.82) is 0 Å². The number of para-hydroxylation sites is 2. The Kier molecular flexibility index (Phi) is 5.10. The van der Waals surface area contributed by atoms with E-state index >= 15 is 0 Å². The predicted molar refractivity (Wildman–Crippen MR) is 104 cm³/mol. The number of benzene rings is 1. The van der Waals surface area contributed by atoms with Gasteiger partial charge in [0.1, 0.15) is 17.4 Å². The molecule has 1 aromatic carbocycles. The van der Waals surface area contributed by atoms with Crippen LogP contribution in [0.25, 0.3) is 11.0 Å². The van der Waals surface area contributed by atoms with Crippen molar-refractivity contribution in [3.63, 3.8) is 0 Å². The first-order valence-electron chi connectivity index (χ1n) is 8.79. The largest absolute Gasteiger partial charge is 0.409 e. The van der Waals surface area contributed by atoms with Crippen LogP contribution in [0.5, 0.6) is 0 Å². The van der Waals surface area contributed by atoms with Gasteiger partial charge in [-0.2, -0.15) is 18.3 Å². The van der Waals surface area contributed by atoms with Crippen LogP contribution >= 0.6 is 11.8 Å². The molecule has 0 saturated heterocycles. The van der Waals surface area contributed by atoms with Crippen LogP contribution in [-0.4, -0.2) is 49.5 Å². The molecule has 0 spiro atoms. The number of rotatable bonds is 3. The molecule has 0 bridgehead atoms. The van der Waals surface area contributed by atoms with Gasteiger partial charge in [-0.3, -0.25) is 19.2 Å². The van der Waals surface area contributed by atoms with Crippen molar-refractivity contribution in [2.45, 2.75) is 23.7 Å². The van der Waals surface area contributed by atoms with E-state index in [1.165, 1.54) is 35.4 Å². The van der Waals surface area contributed by atoms with Crippen molar-refractivity contribution in [1.82, 2.24) is 19.7 Å². The minimum Gasteiger partial charge on any atom is -0.324 e. The fourth-order valence-electron chi connectivity index (χ4n) is 3.25. The lowest BCUT2D eigenvalue weighted by atomic mass is 10.1. The number of halogens is 3. The van der Waals surface area contributed by atoms with Gasteiger partial charge in [-0.1, -0.05) is 23.9 Å². The van der Waals surface area contributed by atoms with E-state index in [1.54, 1.807) is 13.1 Å². The number of anilines is 2. The summed E-state index contributed by atoms with van der Waals surface area (Å²) in [5.74, 6) is -1.90. The number of hydrogen-bond donors (Lipinski definition) is 1. The van der Waals surface area contributed by atoms with Crippen LogP contribution in [0.2, 0.25) is 0 Å². The number of alkyl halides is 3. The summed E-state index contributed by atoms with van der Waals surface area (Å²) in [6.45, 7) is 0. The van der Waals surface area contributed by atoms with E-state index in [9.17, 15) is 22.8 Å². The van der Waals surface area contributed by atoms with Crippen LogP contribution < -0.4 is 10.2 Å². The lowest BCUT2D eigenvalue weighted by Gasteiger charge is -2.31. The number of amides is 2. The van der Waals surface area contributed by atoms with Crippen LogP contribution in [0, 0.1) is 0 Å². The Morgan fingerprint density at radius 2 is 2.07 bits per heavy atom. The number of carbonyl (C=O) groups excluding carboxylic acids is 2. The third-order valence-electron chi connectivity index (χ3n) is 4.60. The molecule has 8 nitrogen and oxygen atoms in total. The summed E-state index contributed by atoms with van der Waals surface area (Å²) in [7, 11) is 1.70. The summed E-state index contributed by atoms with van der Waals surface area (Å²) in [6, 6.07) is 3.67. The van der Waals surface area contributed by atoms with E-state index in [1.807, 2.05) is 0 Å². The number of aryl methyl sites for hydroxylation is 1. The second-order valence-corrected chi connectivity index (χ2v) is 7.53. The summed E-state index contributed by atoms with van der Waals surface area (Å²) in [5, 5.41) is 7.55. The Hall–Kier alpha value is -3.15. The van der Waals surface area contributed by atoms with Gasteiger partial charge in [0.05, 0.1) is 35.1 Å². The van der Waals surface area contributed by atoms with E-state index in [0.717, 1.165) is 11.8 Å². The van der Waals surface area contributed by atoms with Gasteiger partial charge >= 0.3 is 6.18 Å². The summed E-state index contributed by atoms with van der Waals surface area (Å²) in [5.41, 5.74) is 0.706. The third-order valence-corrected chi connectivity index (χ3v) is 5.59. The second kappa shape index (κ2) is 7.59. The monoisotopic (exact) mass is 436 g/mol. The predicted octanol–water partition coefficient (Wildman–Crippen LogP) is 2.76. The summed E-state index contributed by atoms with van der Waals surface area (Å²) in [6.07, 6.45) is -2.82. The molecule has 1 N–H and O–H groups in total. The van der Waals surface area contributed by atoms with Crippen molar-refractivity contribution in [2.24, 2.45) is 7.05 Å². The highest BCUT2D eigenvalue weighted by Gasteiger charge is 2.48. The molecule has 1 aliphatic heterocycles. The molecule has 1 atom stereocenters. The van der Waals surface area contributed by atoms with Crippen LogP contribution in [0.15, 0.2) is 41.8 Å². The van der Waals surface area contributed by atoms with Gasteiger partial charge in [-0.25, -0.2) is 9.97 Å². The first-order valence-corrected chi connectivity index (χ1v) is 9.77. The number of thioether (sulfide) groups is 1. The molecular formula is C18H15F3N6O2S. The topological polar surface area (TPSA) is 93.0 Å². The Bertz CT molecular complexity index is 1130. The normalized spacial score (nSPS) is 16.9. The van der Waals surface area contributed by atoms with Gasteiger partial charge in [-0.15, -0.1) is 0 Å². The SMILES string of the molecule is Cn1ncc2c(SCC(=O)N3c4ccccc4NC(=O)CC3C(F)(F)F)ncnc21. The van der Waals surface area contributed by atoms with E-state index in [4.69, 9.17) is 0 Å². The van der Waals surface area contributed by atoms with Crippen molar-refractivity contribution in [3.05, 3.63) is 36.8 Å². The number of carbonyl (C=O) groups is 2. The van der Waals surface area contributed by atoms with Gasteiger partial charge in [0.15, 0.2) is 5.65 Å². The highest BCUT2D eigenvalue weighted by atomic mass is 32.2. The fraction of sp³-hybridized carbons (Fsp3) is 0.278. The Morgan fingerprint density at radius 3 is 2.83 bits per heavy atom. The Labute approximate surface area is 172 Å². The third kappa shape index (κ3) is 3.70. The maximum absolute atomic E-state index is 13.8. The molecule has 4 rings (SSSR count). The van der Waals surface area contributed by atoms with Crippen LogP contribution in [0.1, 0.15) is 6.42 Å². The first-order chi connectivity index (χ1) is 14.3. The van der Waals surface area contributed by atoms with Crippen LogP contribution in [0.4, 0.5) is 24.5 Å². The van der Waals surface area contributed by atoms with Gasteiger partial charge in [0, 0.05) is 7.05 Å². The molecular weight excluding hydrogens is 421 g/mol. The van der Waals surface area contributed by atoms with Crippen molar-refractivity contribution < 1.29 is 22.8 Å². The average Bonchev–Trinajstić information content (AvgIpc) is 2.99. The van der Waals surface area contributed by atoms with E-state index in [2.05, 4.69) is 20.4 Å². The Balaban J connectivity index is 1.67. The molecule has 2 amide bonds. The molecule has 2 aromatic heterocycles. The molecule has 12 heteroatoms. The highest BCUT2D eigenvalue weighted by molar-refractivity contribution is 8.00.